The van der Waals surface area contributed by atoms with Gasteiger partial charge in [0.1, 0.15) is 12.6 Å². The van der Waals surface area contributed by atoms with Gasteiger partial charge in [0.25, 0.3) is 0 Å². The first-order chi connectivity index (χ1) is 10.9. The third-order valence-electron chi connectivity index (χ3n) is 3.10. The van der Waals surface area contributed by atoms with E-state index >= 15 is 0 Å². The Hall–Kier alpha value is -2.68. The molecular weight excluding hydrogens is 306 g/mol. The molecule has 0 heterocycles. The van der Waals surface area contributed by atoms with Gasteiger partial charge >= 0.3 is 12.1 Å². The van der Waals surface area contributed by atoms with Crippen LogP contribution in [0, 0.1) is 10.1 Å². The minimum Gasteiger partial charge on any atom is -0.480 e. The number of rotatable bonds is 9. The molecule has 0 aliphatic carbocycles. The number of hydrogen-bond donors (Lipinski definition) is 3. The van der Waals surface area contributed by atoms with Crippen LogP contribution in [0.2, 0.25) is 0 Å². The van der Waals surface area contributed by atoms with Crippen molar-refractivity contribution in [2.45, 2.75) is 31.5 Å². The molecule has 126 valence electrons. The highest BCUT2D eigenvalue weighted by molar-refractivity contribution is 5.73. The maximum atomic E-state index is 11.5. The van der Waals surface area contributed by atoms with E-state index in [1.165, 1.54) is 0 Å². The summed E-state index contributed by atoms with van der Waals surface area (Å²) in [6.45, 7) is 0.0842. The number of alkyl carbamates (subject to hydrolysis) is 1. The summed E-state index contributed by atoms with van der Waals surface area (Å²) in [6.07, 6.45) is -1.03. The number of hydrogen-bond acceptors (Lipinski definition) is 6. The smallest absolute Gasteiger partial charge is 0.407 e. The normalized spacial score (nSPS) is 12.9. The van der Waals surface area contributed by atoms with E-state index in [-0.39, 0.29) is 26.0 Å². The number of amides is 1. The molecule has 0 spiro atoms. The van der Waals surface area contributed by atoms with Crippen LogP contribution in [0.4, 0.5) is 4.79 Å². The lowest BCUT2D eigenvalue weighted by Gasteiger charge is -2.12. The summed E-state index contributed by atoms with van der Waals surface area (Å²) < 4.78 is 4.95. The van der Waals surface area contributed by atoms with E-state index in [9.17, 15) is 19.7 Å². The molecule has 2 atom stereocenters. The van der Waals surface area contributed by atoms with Crippen molar-refractivity contribution >= 4 is 12.1 Å². The summed E-state index contributed by atoms with van der Waals surface area (Å²) in [4.78, 5) is 32.4. The number of nitrogens with zero attached hydrogens (tertiary/aromatic N) is 1. The number of carboxylic acids is 1. The summed E-state index contributed by atoms with van der Waals surface area (Å²) >= 11 is 0. The quantitative estimate of drug-likeness (QED) is 0.448. The highest BCUT2D eigenvalue weighted by Crippen LogP contribution is 2.06. The van der Waals surface area contributed by atoms with E-state index in [0.29, 0.717) is 0 Å². The largest absolute Gasteiger partial charge is 0.480 e. The fourth-order valence-electron chi connectivity index (χ4n) is 1.82. The molecule has 4 N–H and O–H groups in total. The average molecular weight is 325 g/mol. The van der Waals surface area contributed by atoms with Gasteiger partial charge in [-0.05, 0) is 5.56 Å². The fraction of sp³-hybridized carbons (Fsp3) is 0.429. The van der Waals surface area contributed by atoms with Gasteiger partial charge in [0.05, 0.1) is 0 Å². The molecule has 1 unspecified atom stereocenters. The molecule has 0 aliphatic rings. The van der Waals surface area contributed by atoms with Gasteiger partial charge < -0.3 is 20.9 Å². The number of nitrogens with one attached hydrogen (secondary N) is 1. The predicted octanol–water partition coefficient (Wildman–Crippen LogP) is 0.750. The van der Waals surface area contributed by atoms with Crippen LogP contribution in [-0.2, 0) is 16.1 Å². The average Bonchev–Trinajstić information content (AvgIpc) is 2.52. The first-order valence-electron chi connectivity index (χ1n) is 6.96. The first-order valence-corrected chi connectivity index (χ1v) is 6.96. The van der Waals surface area contributed by atoms with Crippen LogP contribution in [0.3, 0.4) is 0 Å². The number of nitrogens with two attached hydrogens (primary N) is 1. The highest BCUT2D eigenvalue weighted by Gasteiger charge is 2.26. The van der Waals surface area contributed by atoms with Crippen LogP contribution in [0.5, 0.6) is 0 Å². The van der Waals surface area contributed by atoms with Crippen LogP contribution < -0.4 is 11.1 Å². The number of carboxylic acid groups (broad SMARTS) is 1. The van der Waals surface area contributed by atoms with Crippen LogP contribution in [0.15, 0.2) is 30.3 Å². The van der Waals surface area contributed by atoms with E-state index in [1.54, 1.807) is 12.1 Å². The minimum absolute atomic E-state index is 0.00832. The fourth-order valence-corrected chi connectivity index (χ4v) is 1.82. The summed E-state index contributed by atoms with van der Waals surface area (Å²) in [7, 11) is 0. The molecule has 9 heteroatoms. The SMILES string of the molecule is N[C@@H](CC(CCNC(=O)OCc1ccccc1)[N+](=O)[O-])C(=O)O. The van der Waals surface area contributed by atoms with Crippen LogP contribution >= 0.6 is 0 Å². The second-order valence-electron chi connectivity index (χ2n) is 4.90. The number of nitro groups is 1. The zero-order valence-electron chi connectivity index (χ0n) is 12.4. The lowest BCUT2D eigenvalue weighted by molar-refractivity contribution is -0.524. The molecule has 1 aromatic carbocycles. The van der Waals surface area contributed by atoms with Crippen LogP contribution in [0.1, 0.15) is 18.4 Å². The maximum absolute atomic E-state index is 11.5. The van der Waals surface area contributed by atoms with Crippen molar-refractivity contribution in [1.29, 1.82) is 0 Å². The third kappa shape index (κ3) is 7.23. The van der Waals surface area contributed by atoms with Crippen molar-refractivity contribution in [3.05, 3.63) is 46.0 Å². The molecule has 0 bridgehead atoms. The van der Waals surface area contributed by atoms with E-state index in [1.807, 2.05) is 18.2 Å². The minimum atomic E-state index is -1.31. The summed E-state index contributed by atoms with van der Waals surface area (Å²) in [5, 5.41) is 21.9. The number of ether oxygens (including phenoxy) is 1. The number of carbonyl (C=O) groups excluding carboxylic acids is 1. The Morgan fingerprint density at radius 3 is 2.57 bits per heavy atom. The lowest BCUT2D eigenvalue weighted by atomic mass is 10.1. The second-order valence-corrected chi connectivity index (χ2v) is 4.90. The Morgan fingerprint density at radius 1 is 1.35 bits per heavy atom. The second kappa shape index (κ2) is 9.36. The topological polar surface area (TPSA) is 145 Å². The van der Waals surface area contributed by atoms with Gasteiger partial charge in [-0.1, -0.05) is 30.3 Å². The summed E-state index contributed by atoms with van der Waals surface area (Å²) in [5.74, 6) is -1.30. The maximum Gasteiger partial charge on any atom is 0.407 e. The van der Waals surface area contributed by atoms with Crippen molar-refractivity contribution < 1.29 is 24.4 Å². The first kappa shape index (κ1) is 18.4. The summed E-state index contributed by atoms with van der Waals surface area (Å²) in [6, 6.07) is 6.59. The van der Waals surface area contributed by atoms with Gasteiger partial charge in [0.2, 0.25) is 6.04 Å². The molecular formula is C14H19N3O6. The molecule has 0 aliphatic heterocycles. The molecule has 23 heavy (non-hydrogen) atoms. The van der Waals surface area contributed by atoms with E-state index in [0.717, 1.165) is 5.56 Å². The molecule has 1 amide bonds. The van der Waals surface area contributed by atoms with Crippen molar-refractivity contribution in [3.8, 4) is 0 Å². The number of aliphatic carboxylic acids is 1. The molecule has 0 saturated carbocycles. The standard InChI is InChI=1S/C14H19N3O6/c15-12(13(18)19)8-11(17(21)22)6-7-16-14(20)23-9-10-4-2-1-3-5-10/h1-5,11-12H,6-9,15H2,(H,16,20)(H,18,19)/t11?,12-/m0/s1. The number of carbonyl (C=O) groups is 2. The van der Waals surface area contributed by atoms with Crippen molar-refractivity contribution in [1.82, 2.24) is 5.32 Å². The van der Waals surface area contributed by atoms with E-state index in [4.69, 9.17) is 15.6 Å². The zero-order valence-corrected chi connectivity index (χ0v) is 12.4. The summed E-state index contributed by atoms with van der Waals surface area (Å²) in [5.41, 5.74) is 6.10. The molecule has 1 aromatic rings. The Balaban J connectivity index is 2.31. The Bertz CT molecular complexity index is 537. The molecule has 9 nitrogen and oxygen atoms in total. The molecule has 0 radical (unpaired) electrons. The van der Waals surface area contributed by atoms with Crippen LogP contribution in [-0.4, -0.2) is 40.7 Å². The zero-order chi connectivity index (χ0) is 17.2. The van der Waals surface area contributed by atoms with Crippen molar-refractivity contribution in [2.75, 3.05) is 6.54 Å². The van der Waals surface area contributed by atoms with Crippen molar-refractivity contribution in [2.24, 2.45) is 5.73 Å². The Kier molecular flexibility index (Phi) is 7.48. The molecule has 0 saturated heterocycles. The highest BCUT2D eigenvalue weighted by atomic mass is 16.6. The third-order valence-corrected chi connectivity index (χ3v) is 3.10. The van der Waals surface area contributed by atoms with E-state index < -0.39 is 29.1 Å². The van der Waals surface area contributed by atoms with Gasteiger partial charge in [-0.15, -0.1) is 0 Å². The van der Waals surface area contributed by atoms with Crippen LogP contribution in [0.25, 0.3) is 0 Å². The predicted molar refractivity (Wildman–Crippen MR) is 80.3 cm³/mol. The van der Waals surface area contributed by atoms with Gasteiger partial charge in [-0.3, -0.25) is 14.9 Å². The Labute approximate surface area is 132 Å². The lowest BCUT2D eigenvalue weighted by Crippen LogP contribution is -2.38. The number of benzene rings is 1. The van der Waals surface area contributed by atoms with Crippen molar-refractivity contribution in [3.63, 3.8) is 0 Å². The van der Waals surface area contributed by atoms with Gasteiger partial charge in [-0.2, -0.15) is 0 Å². The molecule has 0 aromatic heterocycles. The molecule has 0 fully saturated rings. The Morgan fingerprint density at radius 2 is 2.00 bits per heavy atom. The monoisotopic (exact) mass is 325 g/mol. The van der Waals surface area contributed by atoms with E-state index in [2.05, 4.69) is 5.32 Å². The van der Waals surface area contributed by atoms with Gasteiger partial charge in [-0.25, -0.2) is 4.79 Å². The van der Waals surface area contributed by atoms with Gasteiger partial charge in [0.15, 0.2) is 0 Å². The van der Waals surface area contributed by atoms with Gasteiger partial charge in [0, 0.05) is 24.3 Å². The molecule has 1 rings (SSSR count).